The van der Waals surface area contributed by atoms with Gasteiger partial charge in [0.15, 0.2) is 0 Å². The Labute approximate surface area is 199 Å². The fourth-order valence-electron chi connectivity index (χ4n) is 3.70. The van der Waals surface area contributed by atoms with Gasteiger partial charge in [-0.1, -0.05) is 29.8 Å². The smallest absolute Gasteiger partial charge is 0.246 e. The average molecular weight is 465 g/mol. The van der Waals surface area contributed by atoms with Crippen molar-refractivity contribution in [2.75, 3.05) is 11.9 Å². The number of aromatic nitrogens is 2. The monoisotopic (exact) mass is 464 g/mol. The molecule has 1 aliphatic carbocycles. The lowest BCUT2D eigenvalue weighted by Crippen LogP contribution is -2.43. The molecule has 0 bridgehead atoms. The van der Waals surface area contributed by atoms with Gasteiger partial charge in [0.2, 0.25) is 17.8 Å². The minimum absolute atomic E-state index is 0.00304. The Morgan fingerprint density at radius 3 is 2.42 bits per heavy atom. The van der Waals surface area contributed by atoms with Crippen LogP contribution in [0.4, 0.5) is 5.95 Å². The van der Waals surface area contributed by atoms with Gasteiger partial charge in [0, 0.05) is 34.4 Å². The van der Waals surface area contributed by atoms with Crippen molar-refractivity contribution in [3.8, 4) is 16.9 Å². The van der Waals surface area contributed by atoms with Crippen LogP contribution in [0.3, 0.4) is 0 Å². The molecule has 0 radical (unpaired) electrons. The van der Waals surface area contributed by atoms with E-state index < -0.39 is 0 Å². The third kappa shape index (κ3) is 5.28. The van der Waals surface area contributed by atoms with Crippen LogP contribution < -0.4 is 5.32 Å². The molecule has 2 amide bonds. The first-order chi connectivity index (χ1) is 15.7. The van der Waals surface area contributed by atoms with Gasteiger partial charge in [-0.25, -0.2) is 4.98 Å². The third-order valence-electron chi connectivity index (χ3n) is 6.01. The van der Waals surface area contributed by atoms with Crippen LogP contribution in [0.5, 0.6) is 0 Å². The second kappa shape index (κ2) is 9.40. The Bertz CT molecular complexity index is 1180. The first kappa shape index (κ1) is 23.1. The molecule has 1 aliphatic rings. The zero-order valence-corrected chi connectivity index (χ0v) is 20.2. The molecule has 1 heterocycles. The van der Waals surface area contributed by atoms with Gasteiger partial charge in [-0.15, -0.1) is 0 Å². The number of imidazole rings is 1. The number of nitrogens with zero attached hydrogens (tertiary/aromatic N) is 3. The normalized spacial score (nSPS) is 13.3. The van der Waals surface area contributed by atoms with Crippen LogP contribution >= 0.6 is 11.6 Å². The molecular weight excluding hydrogens is 436 g/mol. The standard InChI is InChI=1S/C26H29ClN4O2/c1-16(2)30(25(33)20-6-7-20)15-24(32)29-26-28-23(19-8-10-21(27)11-9-19)14-31(26)22-12-5-17(3)18(4)13-22/h5,8-14,16,20H,6-7,15H2,1-4H3,(H,28,29,32). The molecule has 4 rings (SSSR count). The fraction of sp³-hybridized carbons (Fsp3) is 0.346. The predicted molar refractivity (Wildman–Crippen MR) is 132 cm³/mol. The van der Waals surface area contributed by atoms with Crippen molar-refractivity contribution in [2.45, 2.75) is 46.6 Å². The van der Waals surface area contributed by atoms with Crippen LogP contribution in [0.1, 0.15) is 37.8 Å². The maximum absolute atomic E-state index is 13.0. The molecule has 6 nitrogen and oxygen atoms in total. The maximum Gasteiger partial charge on any atom is 0.246 e. The van der Waals surface area contributed by atoms with Crippen LogP contribution in [0.15, 0.2) is 48.7 Å². The number of nitrogens with one attached hydrogen (secondary N) is 1. The molecule has 0 unspecified atom stereocenters. The molecule has 0 atom stereocenters. The minimum Gasteiger partial charge on any atom is -0.331 e. The largest absolute Gasteiger partial charge is 0.331 e. The summed E-state index contributed by atoms with van der Waals surface area (Å²) in [4.78, 5) is 32.0. The van der Waals surface area contributed by atoms with Crippen LogP contribution in [-0.2, 0) is 9.59 Å². The lowest BCUT2D eigenvalue weighted by atomic mass is 10.1. The highest BCUT2D eigenvalue weighted by molar-refractivity contribution is 6.30. The van der Waals surface area contributed by atoms with E-state index in [1.165, 1.54) is 5.56 Å². The maximum atomic E-state index is 13.0. The fourth-order valence-corrected chi connectivity index (χ4v) is 3.83. The summed E-state index contributed by atoms with van der Waals surface area (Å²) in [6, 6.07) is 13.5. The summed E-state index contributed by atoms with van der Waals surface area (Å²) < 4.78 is 1.87. The van der Waals surface area contributed by atoms with Crippen molar-refractivity contribution >= 4 is 29.4 Å². The van der Waals surface area contributed by atoms with E-state index in [-0.39, 0.29) is 30.3 Å². The second-order valence-corrected chi connectivity index (χ2v) is 9.41. The van der Waals surface area contributed by atoms with Crippen LogP contribution in [0.2, 0.25) is 5.02 Å². The highest BCUT2D eigenvalue weighted by atomic mass is 35.5. The van der Waals surface area contributed by atoms with E-state index in [1.54, 1.807) is 4.90 Å². The van der Waals surface area contributed by atoms with Crippen molar-refractivity contribution in [3.63, 3.8) is 0 Å². The summed E-state index contributed by atoms with van der Waals surface area (Å²) in [7, 11) is 0. The molecule has 172 valence electrons. The zero-order chi connectivity index (χ0) is 23.7. The Morgan fingerprint density at radius 1 is 1.12 bits per heavy atom. The first-order valence-electron chi connectivity index (χ1n) is 11.3. The number of carbonyl (C=O) groups excluding carboxylic acids is 2. The van der Waals surface area contributed by atoms with E-state index in [1.807, 2.05) is 61.0 Å². The van der Waals surface area contributed by atoms with Crippen LogP contribution in [0, 0.1) is 19.8 Å². The Hall–Kier alpha value is -3.12. The third-order valence-corrected chi connectivity index (χ3v) is 6.26. The van der Waals surface area contributed by atoms with Crippen molar-refractivity contribution in [3.05, 3.63) is 64.8 Å². The molecule has 1 saturated carbocycles. The molecule has 0 saturated heterocycles. The Kier molecular flexibility index (Phi) is 6.56. The van der Waals surface area contributed by atoms with E-state index >= 15 is 0 Å². The highest BCUT2D eigenvalue weighted by Crippen LogP contribution is 2.32. The number of carbonyl (C=O) groups is 2. The first-order valence-corrected chi connectivity index (χ1v) is 11.6. The van der Waals surface area contributed by atoms with Crippen molar-refractivity contribution in [1.82, 2.24) is 14.5 Å². The molecule has 0 spiro atoms. The number of rotatable bonds is 7. The van der Waals surface area contributed by atoms with Gasteiger partial charge >= 0.3 is 0 Å². The van der Waals surface area contributed by atoms with E-state index in [0.717, 1.165) is 35.3 Å². The number of anilines is 1. The van der Waals surface area contributed by atoms with E-state index in [9.17, 15) is 9.59 Å². The number of hydrogen-bond acceptors (Lipinski definition) is 3. The molecule has 7 heteroatoms. The summed E-state index contributed by atoms with van der Waals surface area (Å²) in [6.45, 7) is 7.98. The second-order valence-electron chi connectivity index (χ2n) is 8.98. The van der Waals surface area contributed by atoms with Gasteiger partial charge in [-0.3, -0.25) is 19.5 Å². The van der Waals surface area contributed by atoms with E-state index in [2.05, 4.69) is 25.2 Å². The molecule has 3 aromatic rings. The lowest BCUT2D eigenvalue weighted by molar-refractivity contribution is -0.137. The van der Waals surface area contributed by atoms with Gasteiger partial charge in [0.1, 0.15) is 6.54 Å². The number of aryl methyl sites for hydroxylation is 2. The highest BCUT2D eigenvalue weighted by Gasteiger charge is 2.35. The lowest BCUT2D eigenvalue weighted by Gasteiger charge is -2.26. The summed E-state index contributed by atoms with van der Waals surface area (Å²) >= 11 is 6.04. The van der Waals surface area contributed by atoms with E-state index in [4.69, 9.17) is 16.6 Å². The molecule has 1 fully saturated rings. The minimum atomic E-state index is -0.268. The van der Waals surface area contributed by atoms with Crippen LogP contribution in [-0.4, -0.2) is 38.9 Å². The molecule has 1 N–H and O–H groups in total. The van der Waals surface area contributed by atoms with Gasteiger partial charge in [0.25, 0.3) is 0 Å². The molecular formula is C26H29ClN4O2. The summed E-state index contributed by atoms with van der Waals surface area (Å²) in [6.07, 6.45) is 3.72. The van der Waals surface area contributed by atoms with Gasteiger partial charge in [-0.2, -0.15) is 0 Å². The van der Waals surface area contributed by atoms with Crippen molar-refractivity contribution in [1.29, 1.82) is 0 Å². The number of benzene rings is 2. The topological polar surface area (TPSA) is 67.2 Å². The van der Waals surface area contributed by atoms with Crippen molar-refractivity contribution in [2.24, 2.45) is 5.92 Å². The average Bonchev–Trinajstić information content (AvgIpc) is 3.55. The SMILES string of the molecule is Cc1ccc(-n2cc(-c3ccc(Cl)cc3)nc2NC(=O)CN(C(=O)C2CC2)C(C)C)cc1C. The van der Waals surface area contributed by atoms with Crippen molar-refractivity contribution < 1.29 is 9.59 Å². The van der Waals surface area contributed by atoms with E-state index in [0.29, 0.717) is 11.0 Å². The molecule has 33 heavy (non-hydrogen) atoms. The number of amides is 2. The summed E-state index contributed by atoms with van der Waals surface area (Å²) in [5.74, 6) is 0.264. The quantitative estimate of drug-likeness (QED) is 0.509. The van der Waals surface area contributed by atoms with Crippen LogP contribution in [0.25, 0.3) is 16.9 Å². The number of hydrogen-bond donors (Lipinski definition) is 1. The number of halogens is 1. The summed E-state index contributed by atoms with van der Waals surface area (Å²) in [5.41, 5.74) is 4.84. The molecule has 1 aromatic heterocycles. The Morgan fingerprint density at radius 2 is 1.82 bits per heavy atom. The predicted octanol–water partition coefficient (Wildman–Crippen LogP) is 5.40. The zero-order valence-electron chi connectivity index (χ0n) is 19.4. The van der Waals surface area contributed by atoms with Gasteiger partial charge in [-0.05, 0) is 75.9 Å². The molecule has 2 aromatic carbocycles. The van der Waals surface area contributed by atoms with Gasteiger partial charge < -0.3 is 4.90 Å². The Balaban J connectivity index is 1.65. The van der Waals surface area contributed by atoms with Gasteiger partial charge in [0.05, 0.1) is 5.69 Å². The molecule has 0 aliphatic heterocycles. The summed E-state index contributed by atoms with van der Waals surface area (Å²) in [5, 5.41) is 3.59.